The van der Waals surface area contributed by atoms with Crippen molar-refractivity contribution in [2.75, 3.05) is 18.9 Å². The SMILES string of the molecule is CCC(CC)N(CCO)C(=O)C(CS)NC(C)=O. The first-order chi connectivity index (χ1) is 8.51. The van der Waals surface area contributed by atoms with E-state index in [2.05, 4.69) is 17.9 Å². The Balaban J connectivity index is 4.85. The van der Waals surface area contributed by atoms with Crippen molar-refractivity contribution in [1.29, 1.82) is 0 Å². The van der Waals surface area contributed by atoms with E-state index < -0.39 is 6.04 Å². The molecular formula is C12H24N2O3S. The maximum absolute atomic E-state index is 12.3. The molecule has 0 radical (unpaired) electrons. The third-order valence-corrected chi connectivity index (χ3v) is 3.23. The summed E-state index contributed by atoms with van der Waals surface area (Å²) in [6.07, 6.45) is 1.64. The van der Waals surface area contributed by atoms with Gasteiger partial charge in [0.25, 0.3) is 0 Å². The van der Waals surface area contributed by atoms with E-state index in [1.54, 1.807) is 4.90 Å². The average molecular weight is 276 g/mol. The van der Waals surface area contributed by atoms with Crippen LogP contribution in [0.3, 0.4) is 0 Å². The van der Waals surface area contributed by atoms with Crippen LogP contribution in [-0.2, 0) is 9.59 Å². The summed E-state index contributed by atoms with van der Waals surface area (Å²) >= 11 is 4.09. The largest absolute Gasteiger partial charge is 0.395 e. The van der Waals surface area contributed by atoms with Gasteiger partial charge in [-0.2, -0.15) is 12.6 Å². The summed E-state index contributed by atoms with van der Waals surface area (Å²) in [7, 11) is 0. The molecule has 2 amide bonds. The lowest BCUT2D eigenvalue weighted by atomic mass is 10.1. The van der Waals surface area contributed by atoms with Crippen molar-refractivity contribution in [3.8, 4) is 0 Å². The van der Waals surface area contributed by atoms with Crippen LogP contribution in [0.1, 0.15) is 33.6 Å². The Morgan fingerprint density at radius 2 is 1.89 bits per heavy atom. The molecule has 106 valence electrons. The maximum atomic E-state index is 12.3. The molecule has 0 fully saturated rings. The van der Waals surface area contributed by atoms with Crippen LogP contribution in [0.2, 0.25) is 0 Å². The summed E-state index contributed by atoms with van der Waals surface area (Å²) in [4.78, 5) is 25.0. The van der Waals surface area contributed by atoms with Crippen LogP contribution in [-0.4, -0.2) is 52.8 Å². The Hall–Kier alpha value is -0.750. The third-order valence-electron chi connectivity index (χ3n) is 2.87. The fraction of sp³-hybridized carbons (Fsp3) is 0.833. The number of thiol groups is 1. The lowest BCUT2D eigenvalue weighted by Crippen LogP contribution is -2.53. The standard InChI is InChI=1S/C12H24N2O3S/c1-4-10(5-2)14(6-7-15)12(17)11(8-18)13-9(3)16/h10-11,15,18H,4-8H2,1-3H3,(H,13,16). The van der Waals surface area contributed by atoms with Crippen molar-refractivity contribution in [3.05, 3.63) is 0 Å². The molecule has 1 atom stereocenters. The molecule has 0 saturated heterocycles. The van der Waals surface area contributed by atoms with E-state index in [1.165, 1.54) is 6.92 Å². The van der Waals surface area contributed by atoms with Crippen LogP contribution >= 0.6 is 12.6 Å². The highest BCUT2D eigenvalue weighted by Crippen LogP contribution is 2.10. The Kier molecular flexibility index (Phi) is 8.83. The molecule has 0 bridgehead atoms. The molecule has 0 aromatic rings. The lowest BCUT2D eigenvalue weighted by molar-refractivity contribution is -0.138. The van der Waals surface area contributed by atoms with Crippen molar-refractivity contribution in [3.63, 3.8) is 0 Å². The van der Waals surface area contributed by atoms with E-state index >= 15 is 0 Å². The summed E-state index contributed by atoms with van der Waals surface area (Å²) in [6, 6.07) is -0.543. The van der Waals surface area contributed by atoms with Gasteiger partial charge in [-0.1, -0.05) is 13.8 Å². The lowest BCUT2D eigenvalue weighted by Gasteiger charge is -2.33. The van der Waals surface area contributed by atoms with E-state index in [4.69, 9.17) is 5.11 Å². The van der Waals surface area contributed by atoms with E-state index in [9.17, 15) is 9.59 Å². The number of hydrogen-bond donors (Lipinski definition) is 3. The summed E-state index contributed by atoms with van der Waals surface area (Å²) in [6.45, 7) is 5.58. The predicted octanol–water partition coefficient (Wildman–Crippen LogP) is 0.430. The quantitative estimate of drug-likeness (QED) is 0.563. The topological polar surface area (TPSA) is 69.6 Å². The van der Waals surface area contributed by atoms with Gasteiger partial charge in [0, 0.05) is 25.3 Å². The van der Waals surface area contributed by atoms with Crippen molar-refractivity contribution in [1.82, 2.24) is 10.2 Å². The van der Waals surface area contributed by atoms with Gasteiger partial charge in [0.1, 0.15) is 6.04 Å². The first-order valence-electron chi connectivity index (χ1n) is 6.31. The number of carbonyl (C=O) groups excluding carboxylic acids is 2. The van der Waals surface area contributed by atoms with Gasteiger partial charge in [0.15, 0.2) is 0 Å². The van der Waals surface area contributed by atoms with Gasteiger partial charge >= 0.3 is 0 Å². The molecule has 0 aromatic heterocycles. The first kappa shape index (κ1) is 17.2. The second-order valence-electron chi connectivity index (χ2n) is 4.16. The molecule has 0 rings (SSSR count). The molecule has 6 heteroatoms. The van der Waals surface area contributed by atoms with Gasteiger partial charge in [-0.15, -0.1) is 0 Å². The van der Waals surface area contributed by atoms with Crippen LogP contribution in [0.25, 0.3) is 0 Å². The van der Waals surface area contributed by atoms with Gasteiger partial charge in [-0.3, -0.25) is 9.59 Å². The molecule has 5 nitrogen and oxygen atoms in total. The van der Waals surface area contributed by atoms with E-state index in [-0.39, 0.29) is 36.8 Å². The molecule has 18 heavy (non-hydrogen) atoms. The van der Waals surface area contributed by atoms with Gasteiger partial charge in [0.2, 0.25) is 11.8 Å². The minimum Gasteiger partial charge on any atom is -0.395 e. The minimum atomic E-state index is -0.627. The Bertz CT molecular complexity index is 270. The highest BCUT2D eigenvalue weighted by Gasteiger charge is 2.27. The number of rotatable bonds is 8. The van der Waals surface area contributed by atoms with Crippen molar-refractivity contribution in [2.45, 2.75) is 45.7 Å². The molecular weight excluding hydrogens is 252 g/mol. The Morgan fingerprint density at radius 1 is 1.33 bits per heavy atom. The molecule has 0 heterocycles. The van der Waals surface area contributed by atoms with Crippen molar-refractivity contribution >= 4 is 24.4 Å². The third kappa shape index (κ3) is 5.27. The second-order valence-corrected chi connectivity index (χ2v) is 4.53. The first-order valence-corrected chi connectivity index (χ1v) is 6.94. The molecule has 1 unspecified atom stereocenters. The molecule has 0 aliphatic heterocycles. The number of aliphatic hydroxyl groups excluding tert-OH is 1. The van der Waals surface area contributed by atoms with Gasteiger partial charge < -0.3 is 15.3 Å². The zero-order chi connectivity index (χ0) is 14.1. The molecule has 0 aliphatic carbocycles. The summed E-state index contributed by atoms with van der Waals surface area (Å²) in [5, 5.41) is 11.6. The zero-order valence-corrected chi connectivity index (χ0v) is 12.2. The van der Waals surface area contributed by atoms with E-state index in [1.807, 2.05) is 13.8 Å². The van der Waals surface area contributed by atoms with Crippen molar-refractivity contribution < 1.29 is 14.7 Å². The molecule has 0 saturated carbocycles. The van der Waals surface area contributed by atoms with Gasteiger partial charge in [0.05, 0.1) is 6.61 Å². The van der Waals surface area contributed by atoms with Crippen LogP contribution in [0, 0.1) is 0 Å². The van der Waals surface area contributed by atoms with Crippen molar-refractivity contribution in [2.24, 2.45) is 0 Å². The minimum absolute atomic E-state index is 0.0817. The van der Waals surface area contributed by atoms with Crippen LogP contribution in [0.5, 0.6) is 0 Å². The highest BCUT2D eigenvalue weighted by molar-refractivity contribution is 7.80. The monoisotopic (exact) mass is 276 g/mol. The number of carbonyl (C=O) groups is 2. The number of hydrogen-bond acceptors (Lipinski definition) is 4. The smallest absolute Gasteiger partial charge is 0.246 e. The normalized spacial score (nSPS) is 12.3. The van der Waals surface area contributed by atoms with Gasteiger partial charge in [-0.05, 0) is 12.8 Å². The summed E-state index contributed by atoms with van der Waals surface area (Å²) in [5.41, 5.74) is 0. The number of nitrogens with one attached hydrogen (secondary N) is 1. The van der Waals surface area contributed by atoms with Crippen LogP contribution < -0.4 is 5.32 Å². The Labute approximate surface area is 114 Å². The second kappa shape index (κ2) is 9.22. The van der Waals surface area contributed by atoms with Gasteiger partial charge in [-0.25, -0.2) is 0 Å². The number of amides is 2. The molecule has 0 aliphatic rings. The maximum Gasteiger partial charge on any atom is 0.246 e. The van der Waals surface area contributed by atoms with E-state index in [0.717, 1.165) is 12.8 Å². The zero-order valence-electron chi connectivity index (χ0n) is 11.3. The molecule has 0 aromatic carbocycles. The molecule has 0 spiro atoms. The summed E-state index contributed by atoms with van der Waals surface area (Å²) < 4.78 is 0. The number of aliphatic hydroxyl groups is 1. The molecule has 2 N–H and O–H groups in total. The Morgan fingerprint density at radius 3 is 2.22 bits per heavy atom. The van der Waals surface area contributed by atoms with Crippen LogP contribution in [0.15, 0.2) is 0 Å². The van der Waals surface area contributed by atoms with Crippen LogP contribution in [0.4, 0.5) is 0 Å². The average Bonchev–Trinajstić information content (AvgIpc) is 2.35. The fourth-order valence-electron chi connectivity index (χ4n) is 1.94. The van der Waals surface area contributed by atoms with E-state index in [0.29, 0.717) is 0 Å². The predicted molar refractivity (Wildman–Crippen MR) is 74.6 cm³/mol. The fourth-order valence-corrected chi connectivity index (χ4v) is 2.19. The highest BCUT2D eigenvalue weighted by atomic mass is 32.1. The number of nitrogens with zero attached hydrogens (tertiary/aromatic N) is 1. The summed E-state index contributed by atoms with van der Waals surface area (Å²) in [5.74, 6) is -0.181.